The molecule has 1 atom stereocenters. The molecule has 0 aliphatic carbocycles. The summed E-state index contributed by atoms with van der Waals surface area (Å²) in [5.74, 6) is 1.39. The second kappa shape index (κ2) is 9.31. The summed E-state index contributed by atoms with van der Waals surface area (Å²) >= 11 is 0. The molecule has 1 heterocycles. The van der Waals surface area contributed by atoms with Crippen LogP contribution in [0.15, 0.2) is 48.7 Å². The molecule has 0 saturated carbocycles. The highest BCUT2D eigenvalue weighted by molar-refractivity contribution is 5.84. The van der Waals surface area contributed by atoms with Crippen LogP contribution in [0.1, 0.15) is 43.2 Å². The molecule has 0 saturated heterocycles. The predicted octanol–water partition coefficient (Wildman–Crippen LogP) is 4.62. The molecule has 0 fully saturated rings. The zero-order valence-electron chi connectivity index (χ0n) is 16.7. The van der Waals surface area contributed by atoms with Crippen LogP contribution in [0.25, 0.3) is 10.9 Å². The summed E-state index contributed by atoms with van der Waals surface area (Å²) < 4.78 is 11.2. The van der Waals surface area contributed by atoms with Crippen molar-refractivity contribution in [1.29, 1.82) is 0 Å². The van der Waals surface area contributed by atoms with Crippen LogP contribution in [0.4, 0.5) is 0 Å². The lowest BCUT2D eigenvalue weighted by Gasteiger charge is -2.22. The van der Waals surface area contributed by atoms with Gasteiger partial charge in [-0.3, -0.25) is 4.79 Å². The number of methoxy groups -OCH3 is 2. The molecule has 0 bridgehead atoms. The zero-order valence-corrected chi connectivity index (χ0v) is 16.7. The molecule has 1 amide bonds. The number of nitrogens with one attached hydrogen (secondary N) is 2. The van der Waals surface area contributed by atoms with E-state index in [1.165, 1.54) is 0 Å². The van der Waals surface area contributed by atoms with Gasteiger partial charge in [-0.1, -0.05) is 43.7 Å². The molecule has 0 aliphatic rings. The maximum atomic E-state index is 12.3. The van der Waals surface area contributed by atoms with Crippen LogP contribution in [-0.4, -0.2) is 31.7 Å². The van der Waals surface area contributed by atoms with Gasteiger partial charge >= 0.3 is 0 Å². The molecule has 3 rings (SSSR count). The highest BCUT2D eigenvalue weighted by atomic mass is 16.5. The second-order valence-electron chi connectivity index (χ2n) is 6.83. The van der Waals surface area contributed by atoms with E-state index in [2.05, 4.69) is 29.4 Å². The van der Waals surface area contributed by atoms with E-state index in [4.69, 9.17) is 9.47 Å². The number of carbonyl (C=O) groups excluding carboxylic acids is 1. The molecule has 3 aromatic rings. The summed E-state index contributed by atoms with van der Waals surface area (Å²) in [6.07, 6.45) is 4.47. The third-order valence-electron chi connectivity index (χ3n) is 5.07. The van der Waals surface area contributed by atoms with Crippen LogP contribution < -0.4 is 14.8 Å². The lowest BCUT2D eigenvalue weighted by atomic mass is 9.89. The minimum Gasteiger partial charge on any atom is -0.493 e. The van der Waals surface area contributed by atoms with Crippen LogP contribution in [0.5, 0.6) is 11.5 Å². The Labute approximate surface area is 166 Å². The van der Waals surface area contributed by atoms with Gasteiger partial charge in [0.15, 0.2) is 11.5 Å². The third-order valence-corrected chi connectivity index (χ3v) is 5.07. The molecule has 5 nitrogen and oxygen atoms in total. The number of aromatic nitrogens is 1. The molecular weight excluding hydrogens is 352 g/mol. The van der Waals surface area contributed by atoms with Gasteiger partial charge in [0.05, 0.1) is 14.2 Å². The van der Waals surface area contributed by atoms with Crippen molar-refractivity contribution in [3.63, 3.8) is 0 Å². The van der Waals surface area contributed by atoms with Crippen molar-refractivity contribution in [2.24, 2.45) is 0 Å². The van der Waals surface area contributed by atoms with Gasteiger partial charge in [0, 0.05) is 41.5 Å². The lowest BCUT2D eigenvalue weighted by molar-refractivity contribution is -0.121. The number of amides is 1. The van der Waals surface area contributed by atoms with Gasteiger partial charge in [-0.05, 0) is 24.1 Å². The predicted molar refractivity (Wildman–Crippen MR) is 112 cm³/mol. The molecular formula is C23H28N2O3. The highest BCUT2D eigenvalue weighted by Gasteiger charge is 2.24. The molecule has 28 heavy (non-hydrogen) atoms. The minimum absolute atomic E-state index is 0.0632. The van der Waals surface area contributed by atoms with Gasteiger partial charge in [-0.25, -0.2) is 0 Å². The number of carbonyl (C=O) groups is 1. The number of ether oxygens (including phenoxy) is 2. The van der Waals surface area contributed by atoms with Crippen LogP contribution in [0.2, 0.25) is 0 Å². The number of hydrogen-bond acceptors (Lipinski definition) is 3. The average Bonchev–Trinajstić information content (AvgIpc) is 3.16. The lowest BCUT2D eigenvalue weighted by Crippen LogP contribution is -2.28. The summed E-state index contributed by atoms with van der Waals surface area (Å²) in [5.41, 5.74) is 3.18. The van der Waals surface area contributed by atoms with E-state index in [-0.39, 0.29) is 11.8 Å². The van der Waals surface area contributed by atoms with Crippen molar-refractivity contribution >= 4 is 16.8 Å². The van der Waals surface area contributed by atoms with E-state index in [9.17, 15) is 4.79 Å². The molecule has 2 N–H and O–H groups in total. The smallest absolute Gasteiger partial charge is 0.220 e. The monoisotopic (exact) mass is 380 g/mol. The fraction of sp³-hybridized carbons (Fsp3) is 0.348. The number of hydrogen-bond donors (Lipinski definition) is 2. The normalized spacial score (nSPS) is 12.0. The Morgan fingerprint density at radius 2 is 1.89 bits per heavy atom. The molecule has 0 radical (unpaired) electrons. The fourth-order valence-electron chi connectivity index (χ4n) is 3.60. The van der Waals surface area contributed by atoms with Gasteiger partial charge in [0.1, 0.15) is 0 Å². The first-order valence-electron chi connectivity index (χ1n) is 9.73. The van der Waals surface area contributed by atoms with E-state index in [1.807, 2.05) is 36.5 Å². The van der Waals surface area contributed by atoms with Crippen LogP contribution in [-0.2, 0) is 4.79 Å². The van der Waals surface area contributed by atoms with E-state index < -0.39 is 0 Å². The maximum Gasteiger partial charge on any atom is 0.220 e. The van der Waals surface area contributed by atoms with Crippen molar-refractivity contribution in [1.82, 2.24) is 10.3 Å². The fourth-order valence-corrected chi connectivity index (χ4v) is 3.60. The Hall–Kier alpha value is -2.95. The number of para-hydroxylation sites is 2. The number of unbranched alkanes of at least 4 members (excludes halogenated alkanes) is 1. The molecule has 0 unspecified atom stereocenters. The Morgan fingerprint density at radius 1 is 1.07 bits per heavy atom. The summed E-state index contributed by atoms with van der Waals surface area (Å²) in [6.45, 7) is 2.58. The summed E-state index contributed by atoms with van der Waals surface area (Å²) in [5, 5.41) is 4.25. The largest absolute Gasteiger partial charge is 0.493 e. The minimum atomic E-state index is -0.0632. The number of fused-ring (bicyclic) bond motifs is 1. The number of benzene rings is 2. The topological polar surface area (TPSA) is 63.4 Å². The summed E-state index contributed by atoms with van der Waals surface area (Å²) in [4.78, 5) is 15.6. The van der Waals surface area contributed by atoms with E-state index in [0.29, 0.717) is 24.5 Å². The van der Waals surface area contributed by atoms with Crippen molar-refractivity contribution in [2.45, 2.75) is 32.1 Å². The third kappa shape index (κ3) is 4.14. The quantitative estimate of drug-likeness (QED) is 0.569. The number of aromatic amines is 1. The molecule has 0 aliphatic heterocycles. The van der Waals surface area contributed by atoms with Crippen LogP contribution in [0, 0.1) is 0 Å². The van der Waals surface area contributed by atoms with Crippen LogP contribution >= 0.6 is 0 Å². The number of rotatable bonds is 9. The van der Waals surface area contributed by atoms with Gasteiger partial charge < -0.3 is 19.8 Å². The summed E-state index contributed by atoms with van der Waals surface area (Å²) in [7, 11) is 3.28. The summed E-state index contributed by atoms with van der Waals surface area (Å²) in [6, 6.07) is 14.1. The van der Waals surface area contributed by atoms with Gasteiger partial charge in [-0.2, -0.15) is 0 Å². The van der Waals surface area contributed by atoms with Gasteiger partial charge in [0.2, 0.25) is 5.91 Å². The van der Waals surface area contributed by atoms with Crippen molar-refractivity contribution in [3.8, 4) is 11.5 Å². The Bertz CT molecular complexity index is 932. The molecule has 148 valence electrons. The second-order valence-corrected chi connectivity index (χ2v) is 6.83. The van der Waals surface area contributed by atoms with Gasteiger partial charge in [0.25, 0.3) is 0 Å². The SMILES string of the molecule is CCCCC(=O)NC[C@@H](c1cccc(OC)c1OC)c1c[nH]c2ccccc12. The Morgan fingerprint density at radius 3 is 2.64 bits per heavy atom. The van der Waals surface area contributed by atoms with E-state index in [1.54, 1.807) is 14.2 Å². The highest BCUT2D eigenvalue weighted by Crippen LogP contribution is 2.40. The Balaban J connectivity index is 2.01. The van der Waals surface area contributed by atoms with Crippen molar-refractivity contribution < 1.29 is 14.3 Å². The van der Waals surface area contributed by atoms with Crippen molar-refractivity contribution in [3.05, 3.63) is 59.8 Å². The van der Waals surface area contributed by atoms with E-state index in [0.717, 1.165) is 34.9 Å². The van der Waals surface area contributed by atoms with Gasteiger partial charge in [-0.15, -0.1) is 0 Å². The maximum absolute atomic E-state index is 12.3. The first kappa shape index (κ1) is 19.8. The Kier molecular flexibility index (Phi) is 6.58. The molecule has 1 aromatic heterocycles. The first-order chi connectivity index (χ1) is 13.7. The standard InChI is InChI=1S/C23H28N2O3/c1-4-5-13-22(26)25-15-19(17-10-8-12-21(27-2)23(17)28-3)18-14-24-20-11-7-6-9-16(18)20/h6-12,14,19,24H,4-5,13,15H2,1-3H3,(H,25,26)/t19-/m0/s1. The van der Waals surface area contributed by atoms with E-state index >= 15 is 0 Å². The first-order valence-corrected chi connectivity index (χ1v) is 9.73. The van der Waals surface area contributed by atoms with Crippen molar-refractivity contribution in [2.75, 3.05) is 20.8 Å². The zero-order chi connectivity index (χ0) is 19.9. The molecule has 5 heteroatoms. The molecule has 2 aromatic carbocycles. The number of H-pyrrole nitrogens is 1. The van der Waals surface area contributed by atoms with Crippen LogP contribution in [0.3, 0.4) is 0 Å². The molecule has 0 spiro atoms. The average molecular weight is 380 g/mol.